The van der Waals surface area contributed by atoms with Crippen LogP contribution >= 0.6 is 0 Å². The minimum atomic E-state index is -0.226. The summed E-state index contributed by atoms with van der Waals surface area (Å²) < 4.78 is 1.82. The third kappa shape index (κ3) is 5.30. The summed E-state index contributed by atoms with van der Waals surface area (Å²) in [4.78, 5) is 19.4. The van der Waals surface area contributed by atoms with Crippen molar-refractivity contribution in [1.29, 1.82) is 0 Å². The molecule has 0 spiro atoms. The second-order valence-corrected chi connectivity index (χ2v) is 8.15. The van der Waals surface area contributed by atoms with E-state index in [0.29, 0.717) is 6.54 Å². The summed E-state index contributed by atoms with van der Waals surface area (Å²) in [6.07, 6.45) is 2.57. The number of hydrogen-bond acceptors (Lipinski definition) is 4. The average Bonchev–Trinajstić information content (AvgIpc) is 2.75. The number of likely N-dealkylation sites (tertiary alicyclic amines) is 1. The number of rotatable bonds is 6. The molecule has 1 N–H and O–H groups in total. The van der Waals surface area contributed by atoms with Gasteiger partial charge in [-0.2, -0.15) is 5.10 Å². The molecule has 2 atom stereocenters. The quantitative estimate of drug-likeness (QED) is 0.865. The van der Waals surface area contributed by atoms with Crippen LogP contribution in [0.25, 0.3) is 0 Å². The van der Waals surface area contributed by atoms with Crippen molar-refractivity contribution in [2.75, 3.05) is 19.6 Å². The number of carbonyl (C=O) groups is 1. The van der Waals surface area contributed by atoms with Crippen LogP contribution in [0.1, 0.15) is 52.2 Å². The average molecular weight is 335 g/mol. The molecule has 1 fully saturated rings. The normalized spacial score (nSPS) is 20.8. The van der Waals surface area contributed by atoms with E-state index < -0.39 is 0 Å². The maximum absolute atomic E-state index is 12.6. The van der Waals surface area contributed by atoms with Gasteiger partial charge in [-0.25, -0.2) is 9.67 Å². The van der Waals surface area contributed by atoms with Crippen LogP contribution in [0.5, 0.6) is 0 Å². The van der Waals surface area contributed by atoms with E-state index in [0.717, 1.165) is 37.2 Å². The molecule has 136 valence electrons. The summed E-state index contributed by atoms with van der Waals surface area (Å²) in [5.41, 5.74) is -0.226. The van der Waals surface area contributed by atoms with E-state index in [-0.39, 0.29) is 17.4 Å². The highest BCUT2D eigenvalue weighted by molar-refractivity contribution is 5.78. The van der Waals surface area contributed by atoms with Gasteiger partial charge in [0.15, 0.2) is 0 Å². The molecule has 1 aliphatic heterocycles. The van der Waals surface area contributed by atoms with Gasteiger partial charge in [-0.1, -0.05) is 13.8 Å². The van der Waals surface area contributed by atoms with Gasteiger partial charge < -0.3 is 10.2 Å². The molecule has 0 saturated carbocycles. The number of piperidine rings is 1. The molecule has 2 heterocycles. The summed E-state index contributed by atoms with van der Waals surface area (Å²) >= 11 is 0. The molecule has 1 saturated heterocycles. The standard InChI is InChI=1S/C18H33N5O/c1-13-8-7-9-22(10-13)12-18(5,6)20-17(24)14(2)11-23-16(4)19-15(3)21-23/h13-14H,7-12H2,1-6H3,(H,20,24)/t13-,14-/m1/s1. The first-order valence-electron chi connectivity index (χ1n) is 9.09. The van der Waals surface area contributed by atoms with E-state index in [2.05, 4.69) is 41.1 Å². The molecule has 24 heavy (non-hydrogen) atoms. The highest BCUT2D eigenvalue weighted by Crippen LogP contribution is 2.18. The van der Waals surface area contributed by atoms with Crippen LogP contribution in [-0.2, 0) is 11.3 Å². The second kappa shape index (κ2) is 7.64. The van der Waals surface area contributed by atoms with Crippen molar-refractivity contribution < 1.29 is 4.79 Å². The first kappa shape index (κ1) is 18.9. The lowest BCUT2D eigenvalue weighted by Crippen LogP contribution is -2.54. The first-order valence-corrected chi connectivity index (χ1v) is 9.09. The van der Waals surface area contributed by atoms with Gasteiger partial charge in [0.05, 0.1) is 12.5 Å². The largest absolute Gasteiger partial charge is 0.350 e. The minimum absolute atomic E-state index is 0.0811. The van der Waals surface area contributed by atoms with E-state index in [1.807, 2.05) is 25.5 Å². The summed E-state index contributed by atoms with van der Waals surface area (Å²) in [7, 11) is 0. The van der Waals surface area contributed by atoms with Crippen molar-refractivity contribution in [2.45, 2.75) is 66.5 Å². The zero-order valence-electron chi connectivity index (χ0n) is 16.1. The molecular formula is C18H33N5O. The zero-order chi connectivity index (χ0) is 17.9. The van der Waals surface area contributed by atoms with Gasteiger partial charge in [0.2, 0.25) is 5.91 Å². The van der Waals surface area contributed by atoms with Crippen molar-refractivity contribution in [1.82, 2.24) is 25.0 Å². The number of hydrogen-bond donors (Lipinski definition) is 1. The summed E-state index contributed by atoms with van der Waals surface area (Å²) in [5, 5.41) is 7.57. The molecule has 0 unspecified atom stereocenters. The number of amides is 1. The fourth-order valence-corrected chi connectivity index (χ4v) is 3.56. The van der Waals surface area contributed by atoms with Gasteiger partial charge in [-0.05, 0) is 53.0 Å². The topological polar surface area (TPSA) is 63.1 Å². The highest BCUT2D eigenvalue weighted by Gasteiger charge is 2.28. The first-order chi connectivity index (χ1) is 11.2. The monoisotopic (exact) mass is 335 g/mol. The van der Waals surface area contributed by atoms with Crippen LogP contribution in [0.2, 0.25) is 0 Å². The van der Waals surface area contributed by atoms with Gasteiger partial charge in [0.1, 0.15) is 11.6 Å². The third-order valence-electron chi connectivity index (χ3n) is 4.68. The number of aromatic nitrogens is 3. The summed E-state index contributed by atoms with van der Waals surface area (Å²) in [6.45, 7) is 16.0. The van der Waals surface area contributed by atoms with Crippen molar-refractivity contribution >= 4 is 5.91 Å². The highest BCUT2D eigenvalue weighted by atomic mass is 16.2. The van der Waals surface area contributed by atoms with Crippen molar-refractivity contribution in [3.05, 3.63) is 11.6 Å². The molecule has 1 aromatic rings. The third-order valence-corrected chi connectivity index (χ3v) is 4.68. The Bertz CT molecular complexity index is 566. The SMILES string of the molecule is Cc1nc(C)n(C[C@@H](C)C(=O)NC(C)(C)CN2CCC[C@@H](C)C2)n1. The van der Waals surface area contributed by atoms with E-state index >= 15 is 0 Å². The molecule has 1 amide bonds. The lowest BCUT2D eigenvalue weighted by atomic mass is 9.96. The van der Waals surface area contributed by atoms with E-state index in [1.165, 1.54) is 12.8 Å². The molecule has 6 heteroatoms. The Hall–Kier alpha value is -1.43. The van der Waals surface area contributed by atoms with Crippen LogP contribution < -0.4 is 5.32 Å². The van der Waals surface area contributed by atoms with Crippen LogP contribution in [-0.4, -0.2) is 50.7 Å². The maximum atomic E-state index is 12.6. The Morgan fingerprint density at radius 2 is 2.12 bits per heavy atom. The smallest absolute Gasteiger partial charge is 0.225 e. The van der Waals surface area contributed by atoms with E-state index in [1.54, 1.807) is 0 Å². The van der Waals surface area contributed by atoms with Gasteiger partial charge in [0, 0.05) is 18.6 Å². The Balaban J connectivity index is 1.88. The van der Waals surface area contributed by atoms with Crippen LogP contribution in [0.3, 0.4) is 0 Å². The molecule has 1 aromatic heterocycles. The second-order valence-electron chi connectivity index (χ2n) is 8.15. The fraction of sp³-hybridized carbons (Fsp3) is 0.833. The Morgan fingerprint density at radius 3 is 2.71 bits per heavy atom. The van der Waals surface area contributed by atoms with Crippen LogP contribution in [0.4, 0.5) is 0 Å². The fourth-order valence-electron chi connectivity index (χ4n) is 3.56. The Morgan fingerprint density at radius 1 is 1.42 bits per heavy atom. The maximum Gasteiger partial charge on any atom is 0.225 e. The lowest BCUT2D eigenvalue weighted by Gasteiger charge is -2.38. The molecule has 0 aliphatic carbocycles. The molecule has 0 bridgehead atoms. The van der Waals surface area contributed by atoms with E-state index in [9.17, 15) is 4.79 Å². The molecular weight excluding hydrogens is 302 g/mol. The summed E-state index contributed by atoms with van der Waals surface area (Å²) in [5.74, 6) is 2.30. The zero-order valence-corrected chi connectivity index (χ0v) is 16.1. The van der Waals surface area contributed by atoms with E-state index in [4.69, 9.17) is 0 Å². The summed E-state index contributed by atoms with van der Waals surface area (Å²) in [6, 6.07) is 0. The molecule has 6 nitrogen and oxygen atoms in total. The van der Waals surface area contributed by atoms with Gasteiger partial charge in [0.25, 0.3) is 0 Å². The van der Waals surface area contributed by atoms with Crippen molar-refractivity contribution in [3.63, 3.8) is 0 Å². The predicted octanol–water partition coefficient (Wildman–Crippen LogP) is 2.16. The lowest BCUT2D eigenvalue weighted by molar-refractivity contribution is -0.126. The molecule has 0 radical (unpaired) electrons. The molecule has 2 rings (SSSR count). The minimum Gasteiger partial charge on any atom is -0.350 e. The number of carbonyl (C=O) groups excluding carboxylic acids is 1. The van der Waals surface area contributed by atoms with Gasteiger partial charge in [-0.3, -0.25) is 4.79 Å². The molecule has 1 aliphatic rings. The Labute approximate surface area is 146 Å². The van der Waals surface area contributed by atoms with Crippen LogP contribution in [0, 0.1) is 25.7 Å². The van der Waals surface area contributed by atoms with Gasteiger partial charge in [-0.15, -0.1) is 0 Å². The Kier molecular flexibility index (Phi) is 6.01. The molecule has 0 aromatic carbocycles. The number of aryl methyl sites for hydroxylation is 2. The van der Waals surface area contributed by atoms with Gasteiger partial charge >= 0.3 is 0 Å². The number of nitrogens with one attached hydrogen (secondary N) is 1. The van der Waals surface area contributed by atoms with Crippen molar-refractivity contribution in [2.24, 2.45) is 11.8 Å². The predicted molar refractivity (Wildman–Crippen MR) is 95.7 cm³/mol. The van der Waals surface area contributed by atoms with Crippen molar-refractivity contribution in [3.8, 4) is 0 Å². The number of nitrogens with zero attached hydrogens (tertiary/aromatic N) is 4. The van der Waals surface area contributed by atoms with Crippen LogP contribution in [0.15, 0.2) is 0 Å².